The molecule has 0 atom stereocenters. The second-order valence-electron chi connectivity index (χ2n) is 10.2. The van der Waals surface area contributed by atoms with Crippen molar-refractivity contribution in [2.75, 3.05) is 5.73 Å². The first-order chi connectivity index (χ1) is 20.9. The molecule has 0 aliphatic rings. The van der Waals surface area contributed by atoms with Crippen LogP contribution in [0.1, 0.15) is 44.0 Å². The molecule has 6 nitrogen and oxygen atoms in total. The summed E-state index contributed by atoms with van der Waals surface area (Å²) in [6.07, 6.45) is 7.86. The van der Waals surface area contributed by atoms with Crippen molar-refractivity contribution in [3.8, 4) is 23.1 Å². The summed E-state index contributed by atoms with van der Waals surface area (Å²) in [6.45, 7) is 2.06. The van der Waals surface area contributed by atoms with Crippen molar-refractivity contribution in [3.05, 3.63) is 148 Å². The lowest BCUT2D eigenvalue weighted by atomic mass is 9.97. The van der Waals surface area contributed by atoms with E-state index in [2.05, 4.69) is 39.8 Å². The van der Waals surface area contributed by atoms with Crippen molar-refractivity contribution in [2.24, 2.45) is 0 Å². The molecule has 3 heterocycles. The monoisotopic (exact) mass is 579 g/mol. The molecule has 6 aromatic rings. The number of rotatable bonds is 6. The largest absolute Gasteiger partial charge is 0.383 e. The number of hydrogen-bond acceptors (Lipinski definition) is 6. The van der Waals surface area contributed by atoms with Crippen molar-refractivity contribution in [3.63, 3.8) is 0 Å². The predicted octanol–water partition coefficient (Wildman–Crippen LogP) is 7.05. The van der Waals surface area contributed by atoms with Gasteiger partial charge in [0.25, 0.3) is 0 Å². The maximum Gasteiger partial charge on any atom is 0.167 e. The van der Waals surface area contributed by atoms with Gasteiger partial charge in [0, 0.05) is 70.1 Å². The van der Waals surface area contributed by atoms with Gasteiger partial charge < -0.3 is 5.73 Å². The van der Waals surface area contributed by atoms with E-state index in [1.807, 2.05) is 60.7 Å². The molecule has 0 bridgehead atoms. The van der Waals surface area contributed by atoms with Crippen LogP contribution < -0.4 is 5.73 Å². The van der Waals surface area contributed by atoms with Crippen molar-refractivity contribution >= 4 is 34.0 Å². The lowest BCUT2D eigenvalue weighted by molar-refractivity contribution is 0.0993. The molecule has 43 heavy (non-hydrogen) atoms. The zero-order valence-electron chi connectivity index (χ0n) is 23.4. The van der Waals surface area contributed by atoms with Gasteiger partial charge in [0.1, 0.15) is 11.6 Å². The Labute approximate surface area is 254 Å². The Kier molecular flexibility index (Phi) is 7.90. The summed E-state index contributed by atoms with van der Waals surface area (Å²) >= 11 is 6.20. The number of carbonyl (C=O) groups excluding carboxylic acids is 1. The zero-order chi connectivity index (χ0) is 29.8. The highest BCUT2D eigenvalue weighted by molar-refractivity contribution is 6.31. The van der Waals surface area contributed by atoms with Gasteiger partial charge in [-0.15, -0.1) is 0 Å². The number of hydrogen-bond donors (Lipinski definition) is 1. The number of aryl methyl sites for hydroxylation is 1. The smallest absolute Gasteiger partial charge is 0.167 e. The number of ketones is 1. The van der Waals surface area contributed by atoms with E-state index in [9.17, 15) is 4.79 Å². The molecule has 0 fully saturated rings. The van der Waals surface area contributed by atoms with Crippen molar-refractivity contribution in [2.45, 2.75) is 19.8 Å². The minimum atomic E-state index is 0.0290. The quantitative estimate of drug-likeness (QED) is 0.168. The summed E-state index contributed by atoms with van der Waals surface area (Å²) in [7, 11) is 0. The van der Waals surface area contributed by atoms with E-state index in [1.54, 1.807) is 36.9 Å². The topological polar surface area (TPSA) is 94.7 Å². The van der Waals surface area contributed by atoms with Gasteiger partial charge in [-0.2, -0.15) is 0 Å². The second-order valence-corrected chi connectivity index (χ2v) is 10.7. The fourth-order valence-corrected chi connectivity index (χ4v) is 5.02. The first kappa shape index (κ1) is 27.8. The van der Waals surface area contributed by atoms with E-state index in [1.165, 1.54) is 0 Å². The average molecular weight is 580 g/mol. The van der Waals surface area contributed by atoms with Crippen LogP contribution >= 0.6 is 11.6 Å². The van der Waals surface area contributed by atoms with Crippen LogP contribution in [0.3, 0.4) is 0 Å². The number of nitrogens with two attached hydrogens (primary N) is 1. The van der Waals surface area contributed by atoms with Crippen molar-refractivity contribution in [1.82, 2.24) is 19.9 Å². The van der Waals surface area contributed by atoms with Gasteiger partial charge in [-0.05, 0) is 66.1 Å². The summed E-state index contributed by atoms with van der Waals surface area (Å²) in [5.41, 5.74) is 13.1. The van der Waals surface area contributed by atoms with Crippen molar-refractivity contribution < 1.29 is 4.79 Å². The van der Waals surface area contributed by atoms with Crippen LogP contribution in [0.25, 0.3) is 22.0 Å². The number of anilines is 1. The van der Waals surface area contributed by atoms with Crippen LogP contribution in [0.15, 0.2) is 104 Å². The van der Waals surface area contributed by atoms with E-state index in [-0.39, 0.29) is 12.2 Å². The van der Waals surface area contributed by atoms with Crippen LogP contribution in [-0.2, 0) is 12.8 Å². The molecule has 2 N–H and O–H groups in total. The fourth-order valence-electron chi connectivity index (χ4n) is 4.85. The van der Waals surface area contributed by atoms with E-state index in [4.69, 9.17) is 22.3 Å². The summed E-state index contributed by atoms with van der Waals surface area (Å²) in [6, 6.07) is 24.7. The third kappa shape index (κ3) is 6.43. The maximum atomic E-state index is 13.2. The Morgan fingerprint density at radius 1 is 0.907 bits per heavy atom. The van der Waals surface area contributed by atoms with Gasteiger partial charge in [0.2, 0.25) is 0 Å². The molecule has 0 saturated heterocycles. The minimum Gasteiger partial charge on any atom is -0.383 e. The Bertz CT molecular complexity index is 2020. The highest BCUT2D eigenvalue weighted by atomic mass is 35.5. The van der Waals surface area contributed by atoms with Gasteiger partial charge >= 0.3 is 0 Å². The lowest BCUT2D eigenvalue weighted by Gasteiger charge is -2.09. The molecule has 7 heteroatoms. The molecule has 0 aliphatic heterocycles. The number of nitrogen functional groups attached to an aromatic ring is 1. The maximum absolute atomic E-state index is 13.2. The molecule has 0 amide bonds. The number of carbonyl (C=O) groups is 1. The summed E-state index contributed by atoms with van der Waals surface area (Å²) in [5, 5.41) is 2.37. The van der Waals surface area contributed by atoms with Crippen LogP contribution in [0, 0.1) is 18.8 Å². The number of fused-ring (bicyclic) bond motifs is 1. The molecule has 6 rings (SSSR count). The summed E-state index contributed by atoms with van der Waals surface area (Å²) in [5.74, 6) is 7.37. The summed E-state index contributed by atoms with van der Waals surface area (Å²) in [4.78, 5) is 30.8. The number of nitrogens with zero attached hydrogens (tertiary/aromatic N) is 4. The molecule has 3 aromatic heterocycles. The first-order valence-corrected chi connectivity index (χ1v) is 14.1. The SMILES string of the molecule is Cc1ccc(CC(=O)c2ccc(C#Cc3c(N)ncc4ccc(Cl)cc34)cc2)cc1Cc1nccc(-c2cccnc2)n1. The standard InChI is InChI=1S/C36H26ClN5O/c1-23-4-5-25(17-29(23)19-35-40-16-14-33(42-35)28-3-2-15-39-21-28)18-34(43)26-9-6-24(7-10-26)8-13-31-32-20-30(37)12-11-27(32)22-41-36(31)38/h2-7,9-12,14-17,20-22H,18-19H2,1H3,(H2,38,41). The highest BCUT2D eigenvalue weighted by Gasteiger charge is 2.11. The van der Waals surface area contributed by atoms with E-state index < -0.39 is 0 Å². The predicted molar refractivity (Wildman–Crippen MR) is 171 cm³/mol. The molecule has 0 saturated carbocycles. The molecule has 0 aliphatic carbocycles. The molecule has 0 unspecified atom stereocenters. The van der Waals surface area contributed by atoms with E-state index in [0.29, 0.717) is 34.2 Å². The Morgan fingerprint density at radius 3 is 2.58 bits per heavy atom. The highest BCUT2D eigenvalue weighted by Crippen LogP contribution is 2.25. The molecular weight excluding hydrogens is 554 g/mol. The number of Topliss-reactive ketones (excluding diaryl/α,β-unsaturated/α-hetero) is 1. The van der Waals surface area contributed by atoms with E-state index in [0.717, 1.165) is 44.3 Å². The van der Waals surface area contributed by atoms with Gasteiger partial charge in [0.05, 0.1) is 11.3 Å². The zero-order valence-corrected chi connectivity index (χ0v) is 24.1. The number of aromatic nitrogens is 4. The number of halogens is 1. The molecule has 0 radical (unpaired) electrons. The minimum absolute atomic E-state index is 0.0290. The third-order valence-corrected chi connectivity index (χ3v) is 7.45. The Morgan fingerprint density at radius 2 is 1.77 bits per heavy atom. The van der Waals surface area contributed by atoms with E-state index >= 15 is 0 Å². The van der Waals surface area contributed by atoms with Crippen LogP contribution in [0.4, 0.5) is 5.82 Å². The van der Waals surface area contributed by atoms with Gasteiger partial charge in [-0.3, -0.25) is 9.78 Å². The Hall–Kier alpha value is -5.38. The Balaban J connectivity index is 1.16. The van der Waals surface area contributed by atoms with Crippen LogP contribution in [-0.4, -0.2) is 25.7 Å². The molecular formula is C36H26ClN5O. The van der Waals surface area contributed by atoms with Crippen LogP contribution in [0.5, 0.6) is 0 Å². The molecule has 0 spiro atoms. The lowest BCUT2D eigenvalue weighted by Crippen LogP contribution is -2.05. The normalized spacial score (nSPS) is 10.7. The van der Waals surface area contributed by atoms with Crippen LogP contribution in [0.2, 0.25) is 5.02 Å². The van der Waals surface area contributed by atoms with Gasteiger partial charge in [-0.25, -0.2) is 15.0 Å². The summed E-state index contributed by atoms with van der Waals surface area (Å²) < 4.78 is 0. The second kappa shape index (κ2) is 12.2. The molecule has 3 aromatic carbocycles. The first-order valence-electron chi connectivity index (χ1n) is 13.7. The van der Waals surface area contributed by atoms with Gasteiger partial charge in [0.15, 0.2) is 5.78 Å². The average Bonchev–Trinajstić information content (AvgIpc) is 3.03. The fraction of sp³-hybridized carbons (Fsp3) is 0.0833. The van der Waals surface area contributed by atoms with Gasteiger partial charge in [-0.1, -0.05) is 59.8 Å². The van der Waals surface area contributed by atoms with Crippen molar-refractivity contribution in [1.29, 1.82) is 0 Å². The number of benzene rings is 3. The molecule has 208 valence electrons. The third-order valence-electron chi connectivity index (χ3n) is 7.21. The number of pyridine rings is 2.